The van der Waals surface area contributed by atoms with E-state index in [0.29, 0.717) is 11.1 Å². The highest BCUT2D eigenvalue weighted by atomic mass is 32.2. The molecule has 2 amide bonds. The Balaban J connectivity index is 2.54. The van der Waals surface area contributed by atoms with Gasteiger partial charge in [-0.25, -0.2) is 12.8 Å². The summed E-state index contributed by atoms with van der Waals surface area (Å²) in [6.45, 7) is 7.89. The van der Waals surface area contributed by atoms with Gasteiger partial charge in [0.2, 0.25) is 21.8 Å². The number of rotatable bonds is 10. The summed E-state index contributed by atoms with van der Waals surface area (Å²) in [6, 6.07) is 8.19. The van der Waals surface area contributed by atoms with Crippen molar-refractivity contribution in [2.24, 2.45) is 0 Å². The molecule has 0 bridgehead atoms. The van der Waals surface area contributed by atoms with Crippen LogP contribution >= 0.6 is 0 Å². The van der Waals surface area contributed by atoms with Crippen LogP contribution in [-0.4, -0.2) is 54.4 Å². The highest BCUT2D eigenvalue weighted by molar-refractivity contribution is 7.92. The number of benzene rings is 2. The molecule has 0 saturated carbocycles. The maximum absolute atomic E-state index is 13.7. The van der Waals surface area contributed by atoms with Gasteiger partial charge in [0.15, 0.2) is 0 Å². The monoisotopic (exact) mass is 536 g/mol. The summed E-state index contributed by atoms with van der Waals surface area (Å²) in [5.41, 5.74) is 0.00833. The van der Waals surface area contributed by atoms with Crippen LogP contribution in [0.25, 0.3) is 0 Å². The molecule has 37 heavy (non-hydrogen) atoms. The summed E-state index contributed by atoms with van der Waals surface area (Å²) in [6.07, 6.45) is 1.12. The molecule has 0 unspecified atom stereocenters. The van der Waals surface area contributed by atoms with Gasteiger partial charge in [-0.2, -0.15) is 0 Å². The van der Waals surface area contributed by atoms with E-state index >= 15 is 0 Å². The Morgan fingerprint density at radius 1 is 1.14 bits per heavy atom. The van der Waals surface area contributed by atoms with E-state index in [1.54, 1.807) is 34.6 Å². The molecule has 0 aromatic heterocycles. The van der Waals surface area contributed by atoms with Crippen LogP contribution in [0.15, 0.2) is 42.5 Å². The van der Waals surface area contributed by atoms with Gasteiger partial charge >= 0.3 is 0 Å². The zero-order valence-electron chi connectivity index (χ0n) is 21.8. The summed E-state index contributed by atoms with van der Waals surface area (Å²) < 4.78 is 39.8. The fourth-order valence-electron chi connectivity index (χ4n) is 3.73. The fourth-order valence-corrected chi connectivity index (χ4v) is 4.63. The molecule has 12 heteroatoms. The largest absolute Gasteiger partial charge is 0.350 e. The van der Waals surface area contributed by atoms with E-state index < -0.39 is 50.7 Å². The van der Waals surface area contributed by atoms with Gasteiger partial charge < -0.3 is 10.2 Å². The summed E-state index contributed by atoms with van der Waals surface area (Å²) in [5, 5.41) is 14.1. The number of nitrogens with one attached hydrogen (secondary N) is 1. The minimum Gasteiger partial charge on any atom is -0.350 e. The first-order valence-corrected chi connectivity index (χ1v) is 13.5. The van der Waals surface area contributed by atoms with Crippen LogP contribution in [-0.2, 0) is 26.2 Å². The van der Waals surface area contributed by atoms with Crippen molar-refractivity contribution in [3.05, 3.63) is 69.5 Å². The number of carbonyl (C=O) groups excluding carboxylic acids is 2. The Labute approximate surface area is 216 Å². The van der Waals surface area contributed by atoms with Crippen LogP contribution in [0.4, 0.5) is 15.8 Å². The summed E-state index contributed by atoms with van der Waals surface area (Å²) in [7, 11) is -4.06. The predicted molar refractivity (Wildman–Crippen MR) is 139 cm³/mol. The number of amides is 2. The Morgan fingerprint density at radius 3 is 2.22 bits per heavy atom. The zero-order valence-corrected chi connectivity index (χ0v) is 22.6. The number of hydrogen-bond donors (Lipinski definition) is 1. The number of halogens is 1. The topological polar surface area (TPSA) is 130 Å². The van der Waals surface area contributed by atoms with E-state index in [2.05, 4.69) is 5.32 Å². The second kappa shape index (κ2) is 11.7. The molecule has 10 nitrogen and oxygen atoms in total. The van der Waals surface area contributed by atoms with Crippen molar-refractivity contribution in [3.8, 4) is 0 Å². The number of carbonyl (C=O) groups is 2. The number of aryl methyl sites for hydroxylation is 1. The van der Waals surface area contributed by atoms with Gasteiger partial charge in [0.05, 0.1) is 16.9 Å². The molecule has 1 atom stereocenters. The van der Waals surface area contributed by atoms with Crippen molar-refractivity contribution in [2.75, 3.05) is 17.1 Å². The van der Waals surface area contributed by atoms with Gasteiger partial charge in [-0.1, -0.05) is 25.1 Å². The first-order valence-electron chi connectivity index (χ1n) is 11.6. The molecule has 2 aromatic carbocycles. The molecule has 2 rings (SSSR count). The van der Waals surface area contributed by atoms with Crippen LogP contribution in [0.2, 0.25) is 0 Å². The molecule has 202 valence electrons. The lowest BCUT2D eigenvalue weighted by Gasteiger charge is -2.34. The lowest BCUT2D eigenvalue weighted by Crippen LogP contribution is -2.55. The lowest BCUT2D eigenvalue weighted by atomic mass is 10.1. The van der Waals surface area contributed by atoms with Crippen LogP contribution in [0, 0.1) is 22.9 Å². The van der Waals surface area contributed by atoms with Crippen LogP contribution in [0.5, 0.6) is 0 Å². The molecule has 0 saturated heterocycles. The Bertz CT molecular complexity index is 1260. The summed E-state index contributed by atoms with van der Waals surface area (Å²) in [4.78, 5) is 38.7. The van der Waals surface area contributed by atoms with E-state index in [1.807, 2.05) is 0 Å². The van der Waals surface area contributed by atoms with Crippen molar-refractivity contribution in [1.82, 2.24) is 10.2 Å². The van der Waals surface area contributed by atoms with Gasteiger partial charge in [-0.3, -0.25) is 24.0 Å². The van der Waals surface area contributed by atoms with Crippen LogP contribution in [0.3, 0.4) is 0 Å². The van der Waals surface area contributed by atoms with Gasteiger partial charge in [0, 0.05) is 24.2 Å². The van der Waals surface area contributed by atoms with Gasteiger partial charge in [0.1, 0.15) is 18.4 Å². The highest BCUT2D eigenvalue weighted by Crippen LogP contribution is 2.28. The molecule has 0 heterocycles. The van der Waals surface area contributed by atoms with E-state index in [1.165, 1.54) is 41.3 Å². The molecule has 1 N–H and O–H groups in total. The lowest BCUT2D eigenvalue weighted by molar-refractivity contribution is -0.384. The number of nitro benzene ring substituents is 1. The normalized spacial score (nSPS) is 12.5. The van der Waals surface area contributed by atoms with Crippen molar-refractivity contribution in [1.29, 1.82) is 0 Å². The standard InChI is InChI=1S/C25H33FN4O6S/c1-7-21(24(32)27-25(3,4)5)28(15-18-9-11-19(26)12-10-18)23(31)16-29(37(6,35)36)22-14-20(30(33)34)13-8-17(22)2/h8-14,21H,7,15-16H2,1-6H3,(H,27,32)/t21-/m1/s1. The molecule has 0 aliphatic heterocycles. The molecule has 0 fully saturated rings. The van der Waals surface area contributed by atoms with Gasteiger partial charge in [0.25, 0.3) is 5.69 Å². The van der Waals surface area contributed by atoms with E-state index in [0.717, 1.165) is 16.6 Å². The number of anilines is 1. The molecule has 0 radical (unpaired) electrons. The Hall–Kier alpha value is -3.54. The van der Waals surface area contributed by atoms with Crippen LogP contribution < -0.4 is 9.62 Å². The number of hydrogen-bond acceptors (Lipinski definition) is 6. The average Bonchev–Trinajstić information content (AvgIpc) is 2.77. The third-order valence-electron chi connectivity index (χ3n) is 5.50. The second-order valence-electron chi connectivity index (χ2n) is 9.81. The van der Waals surface area contributed by atoms with Crippen molar-refractivity contribution < 1.29 is 27.3 Å². The van der Waals surface area contributed by atoms with Gasteiger partial charge in [-0.05, 0) is 57.4 Å². The Morgan fingerprint density at radius 2 is 1.73 bits per heavy atom. The number of nitro groups is 1. The zero-order chi connectivity index (χ0) is 28.1. The molecular weight excluding hydrogens is 503 g/mol. The van der Waals surface area contributed by atoms with E-state index in [9.17, 15) is 32.5 Å². The minimum atomic E-state index is -4.06. The predicted octanol–water partition coefficient (Wildman–Crippen LogP) is 3.53. The fraction of sp³-hybridized carbons (Fsp3) is 0.440. The highest BCUT2D eigenvalue weighted by Gasteiger charge is 2.33. The van der Waals surface area contributed by atoms with E-state index in [-0.39, 0.29) is 24.3 Å². The second-order valence-corrected chi connectivity index (χ2v) is 11.7. The number of sulfonamides is 1. The summed E-state index contributed by atoms with van der Waals surface area (Å²) in [5.74, 6) is -1.59. The smallest absolute Gasteiger partial charge is 0.271 e. The van der Waals surface area contributed by atoms with Crippen molar-refractivity contribution in [2.45, 2.75) is 59.2 Å². The molecule has 0 spiro atoms. The SMILES string of the molecule is CC[C@H](C(=O)NC(C)(C)C)N(Cc1ccc(F)cc1)C(=O)CN(c1cc([N+](=O)[O-])ccc1C)S(C)(=O)=O. The average molecular weight is 537 g/mol. The van der Waals surface area contributed by atoms with Crippen molar-refractivity contribution in [3.63, 3.8) is 0 Å². The maximum atomic E-state index is 13.7. The molecular formula is C25H33FN4O6S. The molecule has 0 aliphatic carbocycles. The minimum absolute atomic E-state index is 0.0148. The Kier molecular flexibility index (Phi) is 9.37. The quantitative estimate of drug-likeness (QED) is 0.365. The number of nitrogens with zero attached hydrogens (tertiary/aromatic N) is 3. The van der Waals surface area contributed by atoms with Crippen molar-refractivity contribution >= 4 is 33.2 Å². The maximum Gasteiger partial charge on any atom is 0.271 e. The third-order valence-corrected chi connectivity index (χ3v) is 6.63. The first-order chi connectivity index (χ1) is 17.0. The molecule has 0 aliphatic rings. The third kappa shape index (κ3) is 8.24. The van der Waals surface area contributed by atoms with Crippen LogP contribution in [0.1, 0.15) is 45.2 Å². The van der Waals surface area contributed by atoms with E-state index in [4.69, 9.17) is 0 Å². The first kappa shape index (κ1) is 29.7. The number of non-ortho nitro benzene ring substituents is 1. The van der Waals surface area contributed by atoms with Gasteiger partial charge in [-0.15, -0.1) is 0 Å². The summed E-state index contributed by atoms with van der Waals surface area (Å²) >= 11 is 0. The molecule has 2 aromatic rings.